The van der Waals surface area contributed by atoms with Gasteiger partial charge in [0.1, 0.15) is 6.17 Å². The minimum absolute atomic E-state index is 0.315. The summed E-state index contributed by atoms with van der Waals surface area (Å²) in [5.74, 6) is 0. The highest BCUT2D eigenvalue weighted by molar-refractivity contribution is 9.10. The molecule has 0 fully saturated rings. The predicted molar refractivity (Wildman–Crippen MR) is 55.2 cm³/mol. The average Bonchev–Trinajstić information content (AvgIpc) is 2.17. The Kier molecular flexibility index (Phi) is 3.63. The Morgan fingerprint density at radius 1 is 1.46 bits per heavy atom. The van der Waals surface area contributed by atoms with Gasteiger partial charge in [-0.25, -0.2) is 4.39 Å². The fourth-order valence-electron chi connectivity index (χ4n) is 0.955. The fourth-order valence-corrected chi connectivity index (χ4v) is 1.22. The van der Waals surface area contributed by atoms with E-state index in [1.165, 1.54) is 0 Å². The van der Waals surface area contributed by atoms with Crippen LogP contribution >= 0.6 is 15.9 Å². The molecule has 0 aliphatic carbocycles. The van der Waals surface area contributed by atoms with Crippen LogP contribution in [-0.4, -0.2) is 17.9 Å². The van der Waals surface area contributed by atoms with Gasteiger partial charge in [0.25, 0.3) is 0 Å². The number of hydrogen-bond donors (Lipinski definition) is 1. The van der Waals surface area contributed by atoms with Gasteiger partial charge in [0, 0.05) is 4.47 Å². The van der Waals surface area contributed by atoms with Gasteiger partial charge in [-0.15, -0.1) is 0 Å². The molecule has 0 aliphatic rings. The molecule has 1 N–H and O–H groups in total. The average molecular weight is 245 g/mol. The highest BCUT2D eigenvalue weighted by Gasteiger charge is 2.10. The Labute approximate surface area is 85.0 Å². The zero-order valence-corrected chi connectivity index (χ0v) is 8.59. The third-order valence-corrected chi connectivity index (χ3v) is 2.28. The first-order valence-electron chi connectivity index (χ1n) is 3.85. The van der Waals surface area contributed by atoms with Crippen molar-refractivity contribution in [3.05, 3.63) is 40.9 Å². The van der Waals surface area contributed by atoms with Crippen LogP contribution in [-0.2, 0) is 0 Å². The second kappa shape index (κ2) is 4.53. The fraction of sp³-hybridized carbons (Fsp3) is 0.200. The molecule has 1 aromatic carbocycles. The van der Waals surface area contributed by atoms with Crippen LogP contribution in [0.5, 0.6) is 0 Å². The summed E-state index contributed by atoms with van der Waals surface area (Å²) in [6.07, 6.45) is -1.37. The van der Waals surface area contributed by atoms with Gasteiger partial charge in [-0.2, -0.15) is 0 Å². The van der Waals surface area contributed by atoms with Crippen molar-refractivity contribution in [3.63, 3.8) is 0 Å². The number of aliphatic hydroxyl groups excluding tert-OH is 1. The van der Waals surface area contributed by atoms with Crippen LogP contribution in [0.15, 0.2) is 35.3 Å². The molecule has 1 nitrogen and oxygen atoms in total. The molecule has 0 saturated heterocycles. The summed E-state index contributed by atoms with van der Waals surface area (Å²) in [4.78, 5) is 0. The van der Waals surface area contributed by atoms with Gasteiger partial charge in [-0.3, -0.25) is 0 Å². The molecule has 0 spiro atoms. The zero-order chi connectivity index (χ0) is 9.84. The normalized spacial score (nSPS) is 12.5. The SMILES string of the molecule is C=C(c1ccc(Br)cc1)[C@@H](F)CO. The van der Waals surface area contributed by atoms with Crippen molar-refractivity contribution < 1.29 is 9.50 Å². The smallest absolute Gasteiger partial charge is 0.148 e. The molecule has 0 radical (unpaired) electrons. The summed E-state index contributed by atoms with van der Waals surface area (Å²) in [6, 6.07) is 7.14. The number of benzene rings is 1. The zero-order valence-electron chi connectivity index (χ0n) is 7.00. The Balaban J connectivity index is 2.83. The summed E-state index contributed by atoms with van der Waals surface area (Å²) >= 11 is 3.28. The van der Waals surface area contributed by atoms with E-state index in [2.05, 4.69) is 22.5 Å². The van der Waals surface area contributed by atoms with Gasteiger partial charge < -0.3 is 5.11 Å². The Morgan fingerprint density at radius 2 is 2.00 bits per heavy atom. The van der Waals surface area contributed by atoms with Crippen LogP contribution in [0.3, 0.4) is 0 Å². The van der Waals surface area contributed by atoms with E-state index in [0.717, 1.165) is 4.47 Å². The van der Waals surface area contributed by atoms with Crippen LogP contribution in [0.1, 0.15) is 5.56 Å². The molecule has 0 aromatic heterocycles. The van der Waals surface area contributed by atoms with Crippen molar-refractivity contribution in [3.8, 4) is 0 Å². The van der Waals surface area contributed by atoms with Gasteiger partial charge in [0.15, 0.2) is 0 Å². The van der Waals surface area contributed by atoms with E-state index in [-0.39, 0.29) is 0 Å². The maximum atomic E-state index is 13.0. The molecule has 70 valence electrons. The molecule has 3 heteroatoms. The Bertz CT molecular complexity index is 294. The van der Waals surface area contributed by atoms with Crippen molar-refractivity contribution in [2.24, 2.45) is 0 Å². The highest BCUT2D eigenvalue weighted by Crippen LogP contribution is 2.20. The van der Waals surface area contributed by atoms with Crippen LogP contribution < -0.4 is 0 Å². The van der Waals surface area contributed by atoms with Crippen LogP contribution in [0.4, 0.5) is 4.39 Å². The van der Waals surface area contributed by atoms with Crippen molar-refractivity contribution in [1.29, 1.82) is 0 Å². The molecule has 1 aromatic rings. The summed E-state index contributed by atoms with van der Waals surface area (Å²) in [5.41, 5.74) is 1.03. The third kappa shape index (κ3) is 2.64. The highest BCUT2D eigenvalue weighted by atomic mass is 79.9. The maximum Gasteiger partial charge on any atom is 0.148 e. The second-order valence-electron chi connectivity index (χ2n) is 2.68. The van der Waals surface area contributed by atoms with Crippen molar-refractivity contribution in [2.75, 3.05) is 6.61 Å². The summed E-state index contributed by atoms with van der Waals surface area (Å²) < 4.78 is 13.9. The van der Waals surface area contributed by atoms with E-state index < -0.39 is 12.8 Å². The minimum Gasteiger partial charge on any atom is -0.393 e. The van der Waals surface area contributed by atoms with Gasteiger partial charge in [0.05, 0.1) is 6.61 Å². The molecule has 13 heavy (non-hydrogen) atoms. The standard InChI is InChI=1S/C10H10BrFO/c1-7(10(12)6-13)8-2-4-9(11)5-3-8/h2-5,10,13H,1,6H2/t10-/m0/s1. The van der Waals surface area contributed by atoms with E-state index in [9.17, 15) is 4.39 Å². The maximum absolute atomic E-state index is 13.0. The second-order valence-corrected chi connectivity index (χ2v) is 3.60. The molecule has 0 saturated carbocycles. The number of rotatable bonds is 3. The molecule has 0 heterocycles. The largest absolute Gasteiger partial charge is 0.393 e. The van der Waals surface area contributed by atoms with Crippen molar-refractivity contribution in [1.82, 2.24) is 0 Å². The number of halogens is 2. The number of aliphatic hydroxyl groups is 1. The lowest BCUT2D eigenvalue weighted by atomic mass is 10.0. The molecular weight excluding hydrogens is 235 g/mol. The Hall–Kier alpha value is -0.670. The summed E-state index contributed by atoms with van der Waals surface area (Å²) in [5, 5.41) is 8.58. The van der Waals surface area contributed by atoms with Crippen molar-refractivity contribution in [2.45, 2.75) is 6.17 Å². The summed E-state index contributed by atoms with van der Waals surface area (Å²) in [7, 11) is 0. The molecule has 0 unspecified atom stereocenters. The molecule has 1 atom stereocenters. The molecule has 1 rings (SSSR count). The lowest BCUT2D eigenvalue weighted by Crippen LogP contribution is -2.07. The number of alkyl halides is 1. The van der Waals surface area contributed by atoms with Crippen LogP contribution in [0, 0.1) is 0 Å². The molecule has 0 aliphatic heterocycles. The Morgan fingerprint density at radius 3 is 2.46 bits per heavy atom. The van der Waals surface area contributed by atoms with E-state index in [4.69, 9.17) is 5.11 Å². The molecule has 0 bridgehead atoms. The quantitative estimate of drug-likeness (QED) is 0.868. The van der Waals surface area contributed by atoms with Crippen LogP contribution in [0.25, 0.3) is 5.57 Å². The lowest BCUT2D eigenvalue weighted by molar-refractivity contribution is 0.215. The first-order valence-corrected chi connectivity index (χ1v) is 4.64. The van der Waals surface area contributed by atoms with Gasteiger partial charge in [-0.1, -0.05) is 34.6 Å². The van der Waals surface area contributed by atoms with Gasteiger partial charge in [0.2, 0.25) is 0 Å². The number of hydrogen-bond acceptors (Lipinski definition) is 1. The van der Waals surface area contributed by atoms with E-state index >= 15 is 0 Å². The van der Waals surface area contributed by atoms with Gasteiger partial charge >= 0.3 is 0 Å². The summed E-state index contributed by atoms with van der Waals surface area (Å²) in [6.45, 7) is 3.06. The lowest BCUT2D eigenvalue weighted by Gasteiger charge is -2.08. The monoisotopic (exact) mass is 244 g/mol. The topological polar surface area (TPSA) is 20.2 Å². The molecule has 0 amide bonds. The predicted octanol–water partition coefficient (Wildman–Crippen LogP) is 2.79. The van der Waals surface area contributed by atoms with E-state index in [1.807, 2.05) is 12.1 Å². The third-order valence-electron chi connectivity index (χ3n) is 1.75. The van der Waals surface area contributed by atoms with E-state index in [1.54, 1.807) is 12.1 Å². The van der Waals surface area contributed by atoms with Crippen molar-refractivity contribution >= 4 is 21.5 Å². The van der Waals surface area contributed by atoms with Gasteiger partial charge in [-0.05, 0) is 23.3 Å². The first kappa shape index (κ1) is 10.4. The van der Waals surface area contributed by atoms with Crippen LogP contribution in [0.2, 0.25) is 0 Å². The van der Waals surface area contributed by atoms with E-state index in [0.29, 0.717) is 11.1 Å². The molecular formula is C10H10BrFO. The minimum atomic E-state index is -1.37. The first-order chi connectivity index (χ1) is 6.15.